The molecule has 0 N–H and O–H groups in total. The van der Waals surface area contributed by atoms with Crippen molar-refractivity contribution in [2.45, 2.75) is 40.5 Å². The van der Waals surface area contributed by atoms with Crippen LogP contribution >= 0.6 is 0 Å². The van der Waals surface area contributed by atoms with Crippen molar-refractivity contribution in [2.24, 2.45) is 22.9 Å². The zero-order chi connectivity index (χ0) is 9.56. The molecule has 0 radical (unpaired) electrons. The van der Waals surface area contributed by atoms with Gasteiger partial charge < -0.3 is 0 Å². The molecule has 0 aromatic carbocycles. The summed E-state index contributed by atoms with van der Waals surface area (Å²) >= 11 is 0. The lowest BCUT2D eigenvalue weighted by Gasteiger charge is -2.21. The number of hydrogen-bond donors (Lipinski definition) is 0. The first kappa shape index (κ1) is 11.6. The fraction of sp³-hybridized carbons (Fsp3) is 1.00. The molecule has 72 valence electrons. The van der Waals surface area contributed by atoms with Gasteiger partial charge in [0.1, 0.15) is 0 Å². The maximum atomic E-state index is 9.97. The standard InChI is InChI=1S/C10H21NO/c1-8(2)7-10(9(3)4)5-6-11-12/h8-10H,5-7H2,1-4H3/t10-/m0/s1. The predicted molar refractivity (Wildman–Crippen MR) is 53.1 cm³/mol. The largest absolute Gasteiger partial charge is 0.151 e. The Kier molecular flexibility index (Phi) is 5.95. The molecule has 0 amide bonds. The van der Waals surface area contributed by atoms with Gasteiger partial charge in [0.2, 0.25) is 0 Å². The molecule has 0 fully saturated rings. The van der Waals surface area contributed by atoms with Crippen LogP contribution in [-0.4, -0.2) is 6.54 Å². The van der Waals surface area contributed by atoms with E-state index >= 15 is 0 Å². The van der Waals surface area contributed by atoms with E-state index in [9.17, 15) is 4.91 Å². The van der Waals surface area contributed by atoms with Gasteiger partial charge in [-0.15, -0.1) is 0 Å². The first-order valence-electron chi connectivity index (χ1n) is 4.87. The molecule has 0 aromatic heterocycles. The quantitative estimate of drug-likeness (QED) is 0.563. The Morgan fingerprint density at radius 2 is 1.75 bits per heavy atom. The van der Waals surface area contributed by atoms with Crippen molar-refractivity contribution in [3.8, 4) is 0 Å². The van der Waals surface area contributed by atoms with Gasteiger partial charge in [-0.25, -0.2) is 0 Å². The third-order valence-electron chi connectivity index (χ3n) is 2.31. The van der Waals surface area contributed by atoms with E-state index in [2.05, 4.69) is 32.9 Å². The summed E-state index contributed by atoms with van der Waals surface area (Å²) in [5.74, 6) is 2.07. The minimum atomic E-state index is 0.482. The molecule has 0 saturated heterocycles. The lowest BCUT2D eigenvalue weighted by atomic mass is 9.85. The van der Waals surface area contributed by atoms with E-state index < -0.39 is 0 Å². The smallest absolute Gasteiger partial charge is 0.0813 e. The third kappa shape index (κ3) is 5.28. The first-order valence-corrected chi connectivity index (χ1v) is 4.87. The Bertz CT molecular complexity index is 121. The Morgan fingerprint density at radius 1 is 1.17 bits per heavy atom. The first-order chi connectivity index (χ1) is 5.57. The zero-order valence-corrected chi connectivity index (χ0v) is 8.71. The molecule has 12 heavy (non-hydrogen) atoms. The molecule has 2 heteroatoms. The van der Waals surface area contributed by atoms with E-state index in [-0.39, 0.29) is 0 Å². The Hall–Kier alpha value is -0.400. The van der Waals surface area contributed by atoms with Gasteiger partial charge in [-0.3, -0.25) is 0 Å². The van der Waals surface area contributed by atoms with Gasteiger partial charge in [0, 0.05) is 0 Å². The molecule has 0 unspecified atom stereocenters. The van der Waals surface area contributed by atoms with Crippen LogP contribution in [-0.2, 0) is 0 Å². The monoisotopic (exact) mass is 171 g/mol. The molecule has 0 heterocycles. The Labute approximate surface area is 75.7 Å². The molecule has 2 nitrogen and oxygen atoms in total. The summed E-state index contributed by atoms with van der Waals surface area (Å²) in [6.45, 7) is 9.37. The van der Waals surface area contributed by atoms with Crippen molar-refractivity contribution < 1.29 is 0 Å². The van der Waals surface area contributed by atoms with Gasteiger partial charge in [0.15, 0.2) is 0 Å². The average molecular weight is 171 g/mol. The van der Waals surface area contributed by atoms with Gasteiger partial charge >= 0.3 is 0 Å². The molecule has 0 spiro atoms. The highest BCUT2D eigenvalue weighted by Gasteiger charge is 2.14. The van der Waals surface area contributed by atoms with Crippen molar-refractivity contribution in [1.29, 1.82) is 0 Å². The minimum Gasteiger partial charge on any atom is -0.151 e. The normalized spacial score (nSPS) is 13.8. The second kappa shape index (κ2) is 6.15. The van der Waals surface area contributed by atoms with E-state index in [0.29, 0.717) is 18.4 Å². The number of rotatable bonds is 6. The molecular weight excluding hydrogens is 150 g/mol. The topological polar surface area (TPSA) is 29.4 Å². The van der Waals surface area contributed by atoms with Crippen molar-refractivity contribution in [3.63, 3.8) is 0 Å². The molecule has 0 bridgehead atoms. The predicted octanol–water partition coefficient (Wildman–Crippen LogP) is 3.46. The lowest BCUT2D eigenvalue weighted by molar-refractivity contribution is 0.302. The summed E-state index contributed by atoms with van der Waals surface area (Å²) < 4.78 is 0. The SMILES string of the molecule is CC(C)C[C@H](CCN=O)C(C)C. The van der Waals surface area contributed by atoms with Crippen LogP contribution in [0.25, 0.3) is 0 Å². The van der Waals surface area contributed by atoms with Crippen LogP contribution in [0, 0.1) is 22.7 Å². The van der Waals surface area contributed by atoms with Crippen LogP contribution in [0.4, 0.5) is 0 Å². The summed E-state index contributed by atoms with van der Waals surface area (Å²) in [6.07, 6.45) is 2.17. The van der Waals surface area contributed by atoms with Crippen molar-refractivity contribution in [1.82, 2.24) is 0 Å². The fourth-order valence-electron chi connectivity index (χ4n) is 1.55. The summed E-state index contributed by atoms with van der Waals surface area (Å²) in [5, 5.41) is 2.92. The van der Waals surface area contributed by atoms with Crippen LogP contribution in [0.15, 0.2) is 5.18 Å². The molecule has 0 aromatic rings. The van der Waals surface area contributed by atoms with Crippen molar-refractivity contribution in [3.05, 3.63) is 4.91 Å². The van der Waals surface area contributed by atoms with Crippen LogP contribution in [0.1, 0.15) is 40.5 Å². The number of nitrogens with zero attached hydrogens (tertiary/aromatic N) is 1. The van der Waals surface area contributed by atoms with E-state index in [0.717, 1.165) is 12.3 Å². The Morgan fingerprint density at radius 3 is 2.08 bits per heavy atom. The number of nitroso groups, excluding NO2 is 1. The van der Waals surface area contributed by atoms with Crippen LogP contribution < -0.4 is 0 Å². The summed E-state index contributed by atoms with van der Waals surface area (Å²) in [4.78, 5) is 9.97. The molecule has 0 saturated carbocycles. The van der Waals surface area contributed by atoms with E-state index in [1.54, 1.807) is 0 Å². The summed E-state index contributed by atoms with van der Waals surface area (Å²) in [7, 11) is 0. The average Bonchev–Trinajstić information content (AvgIpc) is 1.96. The fourth-order valence-corrected chi connectivity index (χ4v) is 1.55. The molecular formula is C10H21NO. The molecule has 0 aliphatic rings. The molecule has 0 aliphatic heterocycles. The van der Waals surface area contributed by atoms with Crippen LogP contribution in [0.5, 0.6) is 0 Å². The highest BCUT2D eigenvalue weighted by molar-refractivity contribution is 4.66. The van der Waals surface area contributed by atoms with E-state index in [4.69, 9.17) is 0 Å². The van der Waals surface area contributed by atoms with Gasteiger partial charge in [-0.1, -0.05) is 32.9 Å². The molecule has 1 atom stereocenters. The zero-order valence-electron chi connectivity index (χ0n) is 8.71. The minimum absolute atomic E-state index is 0.482. The van der Waals surface area contributed by atoms with Crippen molar-refractivity contribution >= 4 is 0 Å². The van der Waals surface area contributed by atoms with Gasteiger partial charge in [0.25, 0.3) is 0 Å². The van der Waals surface area contributed by atoms with E-state index in [1.807, 2.05) is 0 Å². The van der Waals surface area contributed by atoms with Crippen LogP contribution in [0.3, 0.4) is 0 Å². The second-order valence-corrected chi connectivity index (χ2v) is 4.28. The summed E-state index contributed by atoms with van der Waals surface area (Å²) in [5.41, 5.74) is 0. The van der Waals surface area contributed by atoms with Gasteiger partial charge in [-0.05, 0) is 30.6 Å². The highest BCUT2D eigenvalue weighted by Crippen LogP contribution is 2.23. The lowest BCUT2D eigenvalue weighted by Crippen LogP contribution is -2.12. The third-order valence-corrected chi connectivity index (χ3v) is 2.31. The maximum Gasteiger partial charge on any atom is 0.0813 e. The Balaban J connectivity index is 3.77. The summed E-state index contributed by atoms with van der Waals surface area (Å²) in [6, 6.07) is 0. The van der Waals surface area contributed by atoms with Crippen molar-refractivity contribution in [2.75, 3.05) is 6.54 Å². The second-order valence-electron chi connectivity index (χ2n) is 4.28. The molecule has 0 rings (SSSR count). The van der Waals surface area contributed by atoms with Gasteiger partial charge in [-0.2, -0.15) is 4.91 Å². The van der Waals surface area contributed by atoms with Gasteiger partial charge in [0.05, 0.1) is 6.54 Å². The molecule has 0 aliphatic carbocycles. The van der Waals surface area contributed by atoms with Crippen LogP contribution in [0.2, 0.25) is 0 Å². The maximum absolute atomic E-state index is 9.97. The number of hydrogen-bond acceptors (Lipinski definition) is 2. The highest BCUT2D eigenvalue weighted by atomic mass is 16.3. The van der Waals surface area contributed by atoms with E-state index in [1.165, 1.54) is 6.42 Å².